The molecule has 1 aliphatic heterocycles. The van der Waals surface area contributed by atoms with Gasteiger partial charge in [-0.15, -0.1) is 0 Å². The number of benzene rings is 1. The molecule has 3 heterocycles. The fourth-order valence-electron chi connectivity index (χ4n) is 4.41. The summed E-state index contributed by atoms with van der Waals surface area (Å²) in [5.41, 5.74) is 2.35. The SMILES string of the molecule is COc1cccc(C2CCC(c3cc(Nc4ccc5c(c4F)CNS5(=O)=O)n[nH]3)C2)n1. The van der Waals surface area contributed by atoms with Crippen LogP contribution in [0.25, 0.3) is 0 Å². The van der Waals surface area contributed by atoms with Crippen LogP contribution in [-0.4, -0.2) is 30.7 Å². The van der Waals surface area contributed by atoms with Gasteiger partial charge in [0.05, 0.1) is 17.7 Å². The smallest absolute Gasteiger partial charge is 0.241 e. The average Bonchev–Trinajstić information content (AvgIpc) is 3.49. The summed E-state index contributed by atoms with van der Waals surface area (Å²) in [4.78, 5) is 4.55. The van der Waals surface area contributed by atoms with Crippen LogP contribution >= 0.6 is 0 Å². The van der Waals surface area contributed by atoms with Crippen molar-refractivity contribution in [3.63, 3.8) is 0 Å². The van der Waals surface area contributed by atoms with Crippen LogP contribution in [0.15, 0.2) is 41.3 Å². The van der Waals surface area contributed by atoms with Gasteiger partial charge in [-0.2, -0.15) is 5.10 Å². The molecule has 0 radical (unpaired) electrons. The number of hydrogen-bond acceptors (Lipinski definition) is 6. The first-order valence-corrected chi connectivity index (χ1v) is 11.6. The molecule has 0 bridgehead atoms. The Bertz CT molecular complexity index is 1240. The third kappa shape index (κ3) is 3.66. The standard InChI is InChI=1S/C21H22FN5O3S/c1-30-20-4-2-3-15(25-20)12-5-6-13(9-12)17-10-19(27-26-17)24-16-7-8-18-14(21(16)22)11-23-31(18,28)29/h2-4,7-8,10,12-13,23H,5-6,9,11H2,1H3,(H2,24,26,27). The predicted octanol–water partition coefficient (Wildman–Crippen LogP) is 3.54. The Morgan fingerprint density at radius 3 is 2.87 bits per heavy atom. The zero-order chi connectivity index (χ0) is 21.6. The molecule has 2 aromatic heterocycles. The van der Waals surface area contributed by atoms with E-state index in [9.17, 15) is 12.8 Å². The lowest BCUT2D eigenvalue weighted by molar-refractivity contribution is 0.395. The second kappa shape index (κ2) is 7.61. The van der Waals surface area contributed by atoms with Crippen molar-refractivity contribution in [2.45, 2.75) is 42.5 Å². The molecule has 2 aliphatic rings. The molecule has 2 atom stereocenters. The van der Waals surface area contributed by atoms with Crippen molar-refractivity contribution in [2.75, 3.05) is 12.4 Å². The molecule has 10 heteroatoms. The van der Waals surface area contributed by atoms with Crippen LogP contribution in [-0.2, 0) is 16.6 Å². The zero-order valence-electron chi connectivity index (χ0n) is 16.9. The van der Waals surface area contributed by atoms with Crippen molar-refractivity contribution in [1.29, 1.82) is 0 Å². The number of fused-ring (bicyclic) bond motifs is 1. The monoisotopic (exact) mass is 443 g/mol. The largest absolute Gasteiger partial charge is 0.481 e. The number of hydrogen-bond donors (Lipinski definition) is 3. The van der Waals surface area contributed by atoms with E-state index < -0.39 is 15.8 Å². The third-order valence-electron chi connectivity index (χ3n) is 6.03. The minimum Gasteiger partial charge on any atom is -0.481 e. The zero-order valence-corrected chi connectivity index (χ0v) is 17.7. The van der Waals surface area contributed by atoms with Crippen LogP contribution in [0.2, 0.25) is 0 Å². The first kappa shape index (κ1) is 20.0. The van der Waals surface area contributed by atoms with Gasteiger partial charge in [0.1, 0.15) is 0 Å². The number of rotatable bonds is 5. The van der Waals surface area contributed by atoms with Gasteiger partial charge in [-0.05, 0) is 37.5 Å². The van der Waals surface area contributed by atoms with Crippen LogP contribution in [0.4, 0.5) is 15.9 Å². The Balaban J connectivity index is 1.30. The number of ether oxygens (including phenoxy) is 1. The van der Waals surface area contributed by atoms with Gasteiger partial charge in [-0.3, -0.25) is 5.10 Å². The van der Waals surface area contributed by atoms with E-state index in [0.717, 1.165) is 30.7 Å². The number of nitrogens with zero attached hydrogens (tertiary/aromatic N) is 2. The van der Waals surface area contributed by atoms with Gasteiger partial charge >= 0.3 is 0 Å². The number of sulfonamides is 1. The number of nitrogens with one attached hydrogen (secondary N) is 3. The minimum atomic E-state index is -3.61. The maximum atomic E-state index is 14.8. The number of H-pyrrole nitrogens is 1. The molecular weight excluding hydrogens is 421 g/mol. The van der Waals surface area contributed by atoms with E-state index in [2.05, 4.69) is 25.2 Å². The quantitative estimate of drug-likeness (QED) is 0.557. The van der Waals surface area contributed by atoms with Crippen molar-refractivity contribution in [2.24, 2.45) is 0 Å². The molecule has 1 aliphatic carbocycles. The molecule has 162 valence electrons. The summed E-state index contributed by atoms with van der Waals surface area (Å²) in [6.07, 6.45) is 2.97. The van der Waals surface area contributed by atoms with E-state index in [0.29, 0.717) is 23.5 Å². The average molecular weight is 444 g/mol. The van der Waals surface area contributed by atoms with Gasteiger partial charge in [0.15, 0.2) is 11.6 Å². The van der Waals surface area contributed by atoms with Crippen molar-refractivity contribution < 1.29 is 17.5 Å². The Kier molecular flexibility index (Phi) is 4.90. The molecule has 8 nitrogen and oxygen atoms in total. The summed E-state index contributed by atoms with van der Waals surface area (Å²) in [6.45, 7) is -0.0490. The van der Waals surface area contributed by atoms with Gasteiger partial charge in [0.2, 0.25) is 15.9 Å². The Morgan fingerprint density at radius 2 is 2.03 bits per heavy atom. The van der Waals surface area contributed by atoms with Gasteiger partial charge in [0.25, 0.3) is 0 Å². The van der Waals surface area contributed by atoms with Crippen molar-refractivity contribution >= 4 is 21.5 Å². The van der Waals surface area contributed by atoms with E-state index in [-0.39, 0.29) is 22.7 Å². The van der Waals surface area contributed by atoms with Crippen molar-refractivity contribution in [3.8, 4) is 5.88 Å². The van der Waals surface area contributed by atoms with Gasteiger partial charge in [0, 0.05) is 47.5 Å². The summed E-state index contributed by atoms with van der Waals surface area (Å²) in [5.74, 6) is 1.18. The predicted molar refractivity (Wildman–Crippen MR) is 112 cm³/mol. The third-order valence-corrected chi connectivity index (χ3v) is 7.52. The van der Waals surface area contributed by atoms with Crippen LogP contribution in [0.5, 0.6) is 5.88 Å². The molecule has 3 N–H and O–H groups in total. The molecule has 0 spiro atoms. The lowest BCUT2D eigenvalue weighted by Crippen LogP contribution is -2.13. The van der Waals surface area contributed by atoms with E-state index in [1.54, 1.807) is 7.11 Å². The first-order chi connectivity index (χ1) is 14.9. The molecule has 31 heavy (non-hydrogen) atoms. The van der Waals surface area contributed by atoms with Crippen LogP contribution in [0, 0.1) is 5.82 Å². The topological polar surface area (TPSA) is 109 Å². The molecule has 1 fully saturated rings. The van der Waals surface area contributed by atoms with Gasteiger partial charge < -0.3 is 10.1 Å². The van der Waals surface area contributed by atoms with Crippen molar-refractivity contribution in [3.05, 3.63) is 59.2 Å². The maximum absolute atomic E-state index is 14.8. The Hall–Kier alpha value is -2.98. The fourth-order valence-corrected chi connectivity index (χ4v) is 5.64. The maximum Gasteiger partial charge on any atom is 0.241 e. The summed E-state index contributed by atoms with van der Waals surface area (Å²) in [7, 11) is -2.00. The fraction of sp³-hybridized carbons (Fsp3) is 0.333. The summed E-state index contributed by atoms with van der Waals surface area (Å²) in [5, 5.41) is 10.3. The van der Waals surface area contributed by atoms with Crippen LogP contribution in [0.1, 0.15) is 48.0 Å². The lowest BCUT2D eigenvalue weighted by atomic mass is 9.99. The highest BCUT2D eigenvalue weighted by atomic mass is 32.2. The molecule has 0 saturated heterocycles. The number of aromatic nitrogens is 3. The normalized spacial score (nSPS) is 21.7. The Morgan fingerprint density at radius 1 is 1.19 bits per heavy atom. The number of pyridine rings is 1. The molecule has 3 aromatic rings. The number of aromatic amines is 1. The van der Waals surface area contributed by atoms with Gasteiger partial charge in [-0.1, -0.05) is 6.07 Å². The highest BCUT2D eigenvalue weighted by Gasteiger charge is 2.31. The second-order valence-corrected chi connectivity index (χ2v) is 9.61. The van der Waals surface area contributed by atoms with Gasteiger partial charge in [-0.25, -0.2) is 22.5 Å². The van der Waals surface area contributed by atoms with Crippen LogP contribution < -0.4 is 14.8 Å². The second-order valence-electron chi connectivity index (χ2n) is 7.87. The first-order valence-electron chi connectivity index (χ1n) is 10.1. The van der Waals surface area contributed by atoms with E-state index in [1.807, 2.05) is 24.3 Å². The molecule has 1 saturated carbocycles. The number of halogens is 1. The van der Waals surface area contributed by atoms with E-state index in [1.165, 1.54) is 12.1 Å². The summed E-state index contributed by atoms with van der Waals surface area (Å²) < 4.78 is 46.1. The molecule has 2 unspecified atom stereocenters. The highest BCUT2D eigenvalue weighted by Crippen LogP contribution is 2.43. The lowest BCUT2D eigenvalue weighted by Gasteiger charge is -2.11. The van der Waals surface area contributed by atoms with Crippen molar-refractivity contribution in [1.82, 2.24) is 19.9 Å². The summed E-state index contributed by atoms with van der Waals surface area (Å²) in [6, 6.07) is 10.5. The van der Waals surface area contributed by atoms with E-state index >= 15 is 0 Å². The summed E-state index contributed by atoms with van der Waals surface area (Å²) >= 11 is 0. The highest BCUT2D eigenvalue weighted by molar-refractivity contribution is 7.89. The molecular formula is C21H22FN5O3S. The number of methoxy groups -OCH3 is 1. The molecule has 1 aromatic carbocycles. The van der Waals surface area contributed by atoms with Crippen LogP contribution in [0.3, 0.4) is 0 Å². The minimum absolute atomic E-state index is 0.0126. The number of anilines is 2. The van der Waals surface area contributed by atoms with E-state index in [4.69, 9.17) is 4.74 Å². The molecule has 5 rings (SSSR count). The molecule has 0 amide bonds. The Labute approximate surface area is 179 Å².